The average Bonchev–Trinajstić information content (AvgIpc) is 2.74. The van der Waals surface area contributed by atoms with Gasteiger partial charge in [-0.2, -0.15) is 0 Å². The van der Waals surface area contributed by atoms with Gasteiger partial charge in [-0.3, -0.25) is 0 Å². The van der Waals surface area contributed by atoms with Crippen molar-refractivity contribution in [1.29, 1.82) is 0 Å². The number of aryl methyl sites for hydroxylation is 1. The minimum Gasteiger partial charge on any atom is -0.382 e. The van der Waals surface area contributed by atoms with Crippen molar-refractivity contribution in [2.45, 2.75) is 19.8 Å². The van der Waals surface area contributed by atoms with Crippen LogP contribution >= 0.6 is 0 Å². The molecule has 2 rings (SSSR count). The molecule has 6 nitrogen and oxygen atoms in total. The fourth-order valence-corrected chi connectivity index (χ4v) is 1.64. The number of hydrogen-bond acceptors (Lipinski definition) is 4. The van der Waals surface area contributed by atoms with Gasteiger partial charge in [0.2, 0.25) is 0 Å². The third kappa shape index (κ3) is 1.42. The largest absolute Gasteiger partial charge is 0.382 e. The van der Waals surface area contributed by atoms with Crippen LogP contribution < -0.4 is 11.6 Å². The van der Waals surface area contributed by atoms with Crippen molar-refractivity contribution in [3.05, 3.63) is 18.3 Å². The number of nitrogens with zero attached hydrogens (tertiary/aromatic N) is 4. The van der Waals surface area contributed by atoms with E-state index in [9.17, 15) is 0 Å². The Hall–Kier alpha value is -1.98. The molecule has 0 fully saturated rings. The predicted octanol–water partition coefficient (Wildman–Crippen LogP) is 0.703. The molecule has 4 N–H and O–H groups in total. The van der Waals surface area contributed by atoms with Crippen molar-refractivity contribution >= 4 is 5.82 Å². The van der Waals surface area contributed by atoms with Crippen molar-refractivity contribution < 1.29 is 0 Å². The molecule has 16 heavy (non-hydrogen) atoms. The summed E-state index contributed by atoms with van der Waals surface area (Å²) in [6.45, 7) is 4.05. The summed E-state index contributed by atoms with van der Waals surface area (Å²) >= 11 is 0. The number of anilines is 1. The monoisotopic (exact) mass is 220 g/mol. The van der Waals surface area contributed by atoms with Crippen LogP contribution in [0.3, 0.4) is 0 Å². The fourth-order valence-electron chi connectivity index (χ4n) is 1.64. The van der Waals surface area contributed by atoms with Gasteiger partial charge in [0.1, 0.15) is 11.5 Å². The second-order valence-electron chi connectivity index (χ2n) is 4.12. The lowest BCUT2D eigenvalue weighted by Gasteiger charge is -2.04. The zero-order chi connectivity index (χ0) is 11.9. The highest BCUT2D eigenvalue weighted by Crippen LogP contribution is 2.26. The van der Waals surface area contributed by atoms with E-state index in [4.69, 9.17) is 11.6 Å². The smallest absolute Gasteiger partial charge is 0.152 e. The molecule has 6 heteroatoms. The van der Waals surface area contributed by atoms with Gasteiger partial charge in [-0.1, -0.05) is 13.8 Å². The maximum atomic E-state index is 5.94. The third-order valence-corrected chi connectivity index (χ3v) is 2.55. The van der Waals surface area contributed by atoms with Crippen molar-refractivity contribution in [2.24, 2.45) is 7.05 Å². The normalized spacial score (nSPS) is 11.2. The van der Waals surface area contributed by atoms with Crippen LogP contribution in [-0.4, -0.2) is 19.2 Å². The highest BCUT2D eigenvalue weighted by molar-refractivity contribution is 5.68. The summed E-state index contributed by atoms with van der Waals surface area (Å²) < 4.78 is 3.30. The van der Waals surface area contributed by atoms with E-state index < -0.39 is 0 Å². The van der Waals surface area contributed by atoms with Crippen molar-refractivity contribution in [2.75, 3.05) is 11.6 Å². The Morgan fingerprint density at radius 3 is 2.50 bits per heavy atom. The van der Waals surface area contributed by atoms with Crippen molar-refractivity contribution in [3.8, 4) is 11.4 Å². The first-order valence-corrected chi connectivity index (χ1v) is 5.12. The maximum absolute atomic E-state index is 5.94. The minimum absolute atomic E-state index is 0.231. The number of rotatable bonds is 2. The van der Waals surface area contributed by atoms with Gasteiger partial charge in [-0.05, 0) is 0 Å². The van der Waals surface area contributed by atoms with E-state index in [1.807, 2.05) is 25.5 Å². The van der Waals surface area contributed by atoms with Gasteiger partial charge < -0.3 is 16.1 Å². The van der Waals surface area contributed by atoms with Crippen LogP contribution in [0.5, 0.6) is 0 Å². The quantitative estimate of drug-likeness (QED) is 0.729. The molecule has 0 radical (unpaired) electrons. The number of imidazole rings is 2. The summed E-state index contributed by atoms with van der Waals surface area (Å²) in [6.07, 6.45) is 3.43. The summed E-state index contributed by atoms with van der Waals surface area (Å²) in [5, 5.41) is 0. The minimum atomic E-state index is 0.231. The van der Waals surface area contributed by atoms with Crippen LogP contribution in [0.25, 0.3) is 11.4 Å². The number of hydrogen-bond donors (Lipinski definition) is 2. The SMILES string of the molecule is CC(C)c1nc(-c2cncn2C)c(N)n1N. The molecule has 0 bridgehead atoms. The Bertz CT molecular complexity index is 507. The molecule has 0 aliphatic carbocycles. The Labute approximate surface area is 93.9 Å². The molecule has 0 atom stereocenters. The molecule has 86 valence electrons. The van der Waals surface area contributed by atoms with Crippen LogP contribution in [-0.2, 0) is 7.05 Å². The highest BCUT2D eigenvalue weighted by Gasteiger charge is 2.18. The zero-order valence-electron chi connectivity index (χ0n) is 9.68. The average molecular weight is 220 g/mol. The lowest BCUT2D eigenvalue weighted by atomic mass is 10.2. The number of nitrogens with two attached hydrogens (primary N) is 2. The first-order chi connectivity index (χ1) is 7.52. The van der Waals surface area contributed by atoms with E-state index >= 15 is 0 Å². The molecule has 2 heterocycles. The highest BCUT2D eigenvalue weighted by atomic mass is 15.4. The molecular formula is C10H16N6. The van der Waals surface area contributed by atoms with Gasteiger partial charge >= 0.3 is 0 Å². The van der Waals surface area contributed by atoms with Crippen molar-refractivity contribution in [1.82, 2.24) is 19.2 Å². The molecule has 0 saturated carbocycles. The second-order valence-corrected chi connectivity index (χ2v) is 4.12. The van der Waals surface area contributed by atoms with Gasteiger partial charge in [0, 0.05) is 13.0 Å². The lowest BCUT2D eigenvalue weighted by Crippen LogP contribution is -2.16. The van der Waals surface area contributed by atoms with Gasteiger partial charge in [0.15, 0.2) is 5.82 Å². The molecule has 0 spiro atoms. The number of nitrogen functional groups attached to an aromatic ring is 2. The van der Waals surface area contributed by atoms with Gasteiger partial charge in [-0.25, -0.2) is 14.6 Å². The van der Waals surface area contributed by atoms with Crippen LogP contribution in [0.2, 0.25) is 0 Å². The standard InChI is InChI=1S/C10H16N6/c1-6(2)10-14-8(9(11)16(10)12)7-4-13-5-15(7)3/h4-6H,11-12H2,1-3H3. The van der Waals surface area contributed by atoms with E-state index in [1.54, 1.807) is 12.5 Å². The van der Waals surface area contributed by atoms with Gasteiger partial charge in [0.25, 0.3) is 0 Å². The Balaban J connectivity index is 2.59. The predicted molar refractivity (Wildman–Crippen MR) is 63.1 cm³/mol. The Kier molecular flexibility index (Phi) is 2.34. The molecule has 0 unspecified atom stereocenters. The van der Waals surface area contributed by atoms with Crippen LogP contribution in [0.15, 0.2) is 12.5 Å². The Morgan fingerprint density at radius 1 is 1.38 bits per heavy atom. The van der Waals surface area contributed by atoms with E-state index in [1.165, 1.54) is 4.68 Å². The van der Waals surface area contributed by atoms with Gasteiger partial charge in [-0.15, -0.1) is 0 Å². The molecule has 2 aromatic rings. The van der Waals surface area contributed by atoms with Crippen LogP contribution in [0.1, 0.15) is 25.6 Å². The molecule has 0 saturated heterocycles. The fraction of sp³-hybridized carbons (Fsp3) is 0.400. The summed E-state index contributed by atoms with van der Waals surface area (Å²) in [4.78, 5) is 8.50. The third-order valence-electron chi connectivity index (χ3n) is 2.55. The van der Waals surface area contributed by atoms with Gasteiger partial charge in [0.05, 0.1) is 18.2 Å². The molecular weight excluding hydrogens is 204 g/mol. The van der Waals surface area contributed by atoms with E-state index in [-0.39, 0.29) is 5.92 Å². The summed E-state index contributed by atoms with van der Waals surface area (Å²) in [6, 6.07) is 0. The van der Waals surface area contributed by atoms with E-state index in [0.29, 0.717) is 11.5 Å². The molecule has 2 aromatic heterocycles. The maximum Gasteiger partial charge on any atom is 0.152 e. The molecule has 0 aromatic carbocycles. The topological polar surface area (TPSA) is 87.7 Å². The Morgan fingerprint density at radius 2 is 2.06 bits per heavy atom. The van der Waals surface area contributed by atoms with Crippen LogP contribution in [0.4, 0.5) is 5.82 Å². The van der Waals surface area contributed by atoms with E-state index in [2.05, 4.69) is 9.97 Å². The van der Waals surface area contributed by atoms with Crippen LogP contribution in [0, 0.1) is 0 Å². The molecule has 0 amide bonds. The summed E-state index contributed by atoms with van der Waals surface area (Å²) in [7, 11) is 1.90. The molecule has 0 aliphatic heterocycles. The van der Waals surface area contributed by atoms with E-state index in [0.717, 1.165) is 11.5 Å². The zero-order valence-corrected chi connectivity index (χ0v) is 9.68. The van der Waals surface area contributed by atoms with Crippen molar-refractivity contribution in [3.63, 3.8) is 0 Å². The number of aromatic nitrogens is 4. The lowest BCUT2D eigenvalue weighted by molar-refractivity contribution is 0.739. The second kappa shape index (κ2) is 3.55. The first kappa shape index (κ1) is 10.5. The summed E-state index contributed by atoms with van der Waals surface area (Å²) in [5.41, 5.74) is 7.49. The summed E-state index contributed by atoms with van der Waals surface area (Å²) in [5.74, 6) is 7.33. The first-order valence-electron chi connectivity index (χ1n) is 5.12. The molecule has 0 aliphatic rings.